The fourth-order valence-electron chi connectivity index (χ4n) is 3.33. The molecule has 2 unspecified atom stereocenters. The molecule has 0 aromatic carbocycles. The van der Waals surface area contributed by atoms with E-state index in [0.29, 0.717) is 5.41 Å². The Morgan fingerprint density at radius 2 is 2.08 bits per heavy atom. The lowest BCUT2D eigenvalue weighted by molar-refractivity contribution is 0.0549. The molecule has 2 atom stereocenters. The fraction of sp³-hybridized carbons (Fsp3) is 0.917. The number of rotatable bonds is 0. The van der Waals surface area contributed by atoms with Crippen LogP contribution in [0.1, 0.15) is 52.4 Å². The summed E-state index contributed by atoms with van der Waals surface area (Å²) in [6.45, 7) is 4.95. The van der Waals surface area contributed by atoms with E-state index in [9.17, 15) is 0 Å². The van der Waals surface area contributed by atoms with E-state index in [1.54, 1.807) is 0 Å². The first-order valence-corrected chi connectivity index (χ1v) is 5.52. The van der Waals surface area contributed by atoms with Crippen LogP contribution in [0.5, 0.6) is 0 Å². The summed E-state index contributed by atoms with van der Waals surface area (Å²) in [6, 6.07) is 0. The molecule has 0 aromatic heterocycles. The third-order valence-corrected chi connectivity index (χ3v) is 4.13. The molecule has 0 saturated heterocycles. The van der Waals surface area contributed by atoms with Crippen LogP contribution in [0.3, 0.4) is 0 Å². The summed E-state index contributed by atoms with van der Waals surface area (Å²) in [5, 5.41) is 0. The van der Waals surface area contributed by atoms with Crippen molar-refractivity contribution in [3.63, 3.8) is 0 Å². The molecular formula is C12H21. The fourth-order valence-corrected chi connectivity index (χ4v) is 3.33. The minimum absolute atomic E-state index is 0.639. The third-order valence-electron chi connectivity index (χ3n) is 4.13. The molecule has 0 heterocycles. The smallest absolute Gasteiger partial charge is 0.0323 e. The van der Waals surface area contributed by atoms with E-state index < -0.39 is 0 Å². The monoisotopic (exact) mass is 165 g/mol. The summed E-state index contributed by atoms with van der Waals surface area (Å²) < 4.78 is 0. The van der Waals surface area contributed by atoms with E-state index in [2.05, 4.69) is 20.3 Å². The summed E-state index contributed by atoms with van der Waals surface area (Å²) in [5.74, 6) is 2.08. The largest absolute Gasteiger partial charge is 0.0596 e. The van der Waals surface area contributed by atoms with Gasteiger partial charge >= 0.3 is 0 Å². The van der Waals surface area contributed by atoms with Gasteiger partial charge in [0, 0.05) is 0 Å². The van der Waals surface area contributed by atoms with E-state index in [1.807, 2.05) is 0 Å². The van der Waals surface area contributed by atoms with E-state index >= 15 is 0 Å². The van der Waals surface area contributed by atoms with Crippen LogP contribution in [0.25, 0.3) is 0 Å². The van der Waals surface area contributed by atoms with Crippen molar-refractivity contribution in [3.8, 4) is 0 Å². The molecule has 0 N–H and O–H groups in total. The summed E-state index contributed by atoms with van der Waals surface area (Å²) >= 11 is 0. The number of fused-ring (bicyclic) bond motifs is 1. The zero-order chi connectivity index (χ0) is 8.60. The maximum Gasteiger partial charge on any atom is -0.0323 e. The first kappa shape index (κ1) is 8.59. The highest BCUT2D eigenvalue weighted by molar-refractivity contribution is 4.94. The molecule has 2 aliphatic rings. The highest BCUT2D eigenvalue weighted by Gasteiger charge is 2.39. The predicted molar refractivity (Wildman–Crippen MR) is 52.8 cm³/mol. The summed E-state index contributed by atoms with van der Waals surface area (Å²) in [5.41, 5.74) is 0.639. The van der Waals surface area contributed by atoms with Crippen LogP contribution in [0.15, 0.2) is 0 Å². The molecule has 0 amide bonds. The van der Waals surface area contributed by atoms with Crippen molar-refractivity contribution in [3.05, 3.63) is 6.42 Å². The molecule has 0 spiro atoms. The van der Waals surface area contributed by atoms with Gasteiger partial charge in [-0.05, 0) is 49.4 Å². The van der Waals surface area contributed by atoms with Crippen LogP contribution < -0.4 is 0 Å². The molecule has 0 bridgehead atoms. The van der Waals surface area contributed by atoms with Gasteiger partial charge in [-0.1, -0.05) is 26.7 Å². The Bertz CT molecular complexity index is 155. The van der Waals surface area contributed by atoms with Gasteiger partial charge in [0.05, 0.1) is 0 Å². The normalized spacial score (nSPS) is 40.5. The molecule has 2 saturated carbocycles. The zero-order valence-corrected chi connectivity index (χ0v) is 8.47. The second-order valence-corrected chi connectivity index (χ2v) is 5.35. The van der Waals surface area contributed by atoms with Crippen LogP contribution in [0.2, 0.25) is 0 Å². The molecule has 2 aliphatic carbocycles. The lowest BCUT2D eigenvalue weighted by Crippen LogP contribution is -2.36. The van der Waals surface area contributed by atoms with Gasteiger partial charge in [-0.15, -0.1) is 0 Å². The van der Waals surface area contributed by atoms with Crippen molar-refractivity contribution in [2.45, 2.75) is 52.4 Å². The number of hydrogen-bond donors (Lipinski definition) is 0. The van der Waals surface area contributed by atoms with E-state index in [-0.39, 0.29) is 0 Å². The lowest BCUT2D eigenvalue weighted by atomic mass is 9.59. The summed E-state index contributed by atoms with van der Waals surface area (Å²) in [4.78, 5) is 0. The van der Waals surface area contributed by atoms with Crippen molar-refractivity contribution < 1.29 is 0 Å². The quantitative estimate of drug-likeness (QED) is 0.512. The molecule has 69 valence electrons. The standard InChI is InChI=1S/C12H21/c1-12(2)9-5-7-10-6-3-4-8-11(10)12/h4,10-11H,3,5-9H2,1-2H3. The van der Waals surface area contributed by atoms with E-state index in [0.717, 1.165) is 11.8 Å². The van der Waals surface area contributed by atoms with E-state index in [4.69, 9.17) is 0 Å². The van der Waals surface area contributed by atoms with Crippen LogP contribution in [-0.4, -0.2) is 0 Å². The van der Waals surface area contributed by atoms with Gasteiger partial charge < -0.3 is 0 Å². The Labute approximate surface area is 76.7 Å². The Morgan fingerprint density at radius 1 is 1.25 bits per heavy atom. The van der Waals surface area contributed by atoms with Crippen LogP contribution in [-0.2, 0) is 0 Å². The van der Waals surface area contributed by atoms with Crippen molar-refractivity contribution in [2.75, 3.05) is 0 Å². The van der Waals surface area contributed by atoms with E-state index in [1.165, 1.54) is 38.5 Å². The topological polar surface area (TPSA) is 0 Å². The molecule has 1 radical (unpaired) electrons. The SMILES string of the molecule is CC1(C)CCCC2CC[CH]CC21. The highest BCUT2D eigenvalue weighted by Crippen LogP contribution is 2.49. The minimum Gasteiger partial charge on any atom is -0.0596 e. The first-order valence-electron chi connectivity index (χ1n) is 5.52. The second-order valence-electron chi connectivity index (χ2n) is 5.35. The number of hydrogen-bond acceptors (Lipinski definition) is 0. The van der Waals surface area contributed by atoms with Gasteiger partial charge in [-0.2, -0.15) is 0 Å². The van der Waals surface area contributed by atoms with Crippen LogP contribution in [0.4, 0.5) is 0 Å². The van der Waals surface area contributed by atoms with Gasteiger partial charge in [-0.3, -0.25) is 0 Å². The predicted octanol–water partition coefficient (Wildman–Crippen LogP) is 3.82. The first-order chi connectivity index (χ1) is 5.70. The molecule has 0 heteroatoms. The molecule has 0 nitrogen and oxygen atoms in total. The minimum atomic E-state index is 0.639. The van der Waals surface area contributed by atoms with Crippen LogP contribution in [0, 0.1) is 23.7 Å². The Kier molecular flexibility index (Phi) is 2.18. The molecule has 12 heavy (non-hydrogen) atoms. The maximum absolute atomic E-state index is 2.52. The molecule has 2 fully saturated rings. The van der Waals surface area contributed by atoms with Crippen molar-refractivity contribution in [2.24, 2.45) is 17.3 Å². The maximum atomic E-state index is 2.52. The van der Waals surface area contributed by atoms with Gasteiger partial charge in [-0.25, -0.2) is 0 Å². The Hall–Kier alpha value is 0. The van der Waals surface area contributed by atoms with Gasteiger partial charge in [0.15, 0.2) is 0 Å². The Morgan fingerprint density at radius 3 is 2.83 bits per heavy atom. The molecule has 2 rings (SSSR count). The van der Waals surface area contributed by atoms with Crippen LogP contribution >= 0.6 is 0 Å². The Balaban J connectivity index is 2.09. The average Bonchev–Trinajstić information content (AvgIpc) is 2.04. The lowest BCUT2D eigenvalue weighted by Gasteiger charge is -2.46. The highest BCUT2D eigenvalue weighted by atomic mass is 14.4. The summed E-state index contributed by atoms with van der Waals surface area (Å²) in [6.07, 6.45) is 11.2. The average molecular weight is 165 g/mol. The van der Waals surface area contributed by atoms with Crippen molar-refractivity contribution in [1.29, 1.82) is 0 Å². The van der Waals surface area contributed by atoms with Gasteiger partial charge in [0.25, 0.3) is 0 Å². The summed E-state index contributed by atoms with van der Waals surface area (Å²) in [7, 11) is 0. The van der Waals surface area contributed by atoms with Crippen molar-refractivity contribution in [1.82, 2.24) is 0 Å². The molecular weight excluding hydrogens is 144 g/mol. The third kappa shape index (κ3) is 1.41. The zero-order valence-electron chi connectivity index (χ0n) is 8.47. The molecule has 0 aliphatic heterocycles. The van der Waals surface area contributed by atoms with Gasteiger partial charge in [0.1, 0.15) is 0 Å². The second kappa shape index (κ2) is 3.05. The van der Waals surface area contributed by atoms with Gasteiger partial charge in [0.2, 0.25) is 0 Å². The van der Waals surface area contributed by atoms with Crippen molar-refractivity contribution >= 4 is 0 Å². The molecule has 0 aromatic rings.